The van der Waals surface area contributed by atoms with E-state index >= 15 is 0 Å². The fourth-order valence-corrected chi connectivity index (χ4v) is 2.15. The molecule has 1 N–H and O–H groups in total. The number of fused-ring (bicyclic) bond motifs is 1. The fraction of sp³-hybridized carbons (Fsp3) is 0.412. The topological polar surface area (TPSA) is 29.5 Å². The van der Waals surface area contributed by atoms with E-state index in [4.69, 9.17) is 4.74 Å². The fourth-order valence-electron chi connectivity index (χ4n) is 2.15. The molecule has 2 aromatic carbocycles. The lowest BCUT2D eigenvalue weighted by Crippen LogP contribution is -2.05. The van der Waals surface area contributed by atoms with Crippen molar-refractivity contribution in [1.82, 2.24) is 0 Å². The summed E-state index contributed by atoms with van der Waals surface area (Å²) in [5.41, 5.74) is 0.863. The summed E-state index contributed by atoms with van der Waals surface area (Å²) in [6.45, 7) is 6.83. The van der Waals surface area contributed by atoms with Crippen LogP contribution < -0.4 is 4.74 Å². The van der Waals surface area contributed by atoms with E-state index in [1.54, 1.807) is 6.92 Å². The van der Waals surface area contributed by atoms with Crippen LogP contribution in [0.15, 0.2) is 36.4 Å². The van der Waals surface area contributed by atoms with Crippen molar-refractivity contribution >= 4 is 10.8 Å². The lowest BCUT2D eigenvalue weighted by molar-refractivity contribution is 0.190. The third-order valence-electron chi connectivity index (χ3n) is 3.30. The summed E-state index contributed by atoms with van der Waals surface area (Å²) in [6.07, 6.45) is 0.501. The largest absolute Gasteiger partial charge is 0.493 e. The third kappa shape index (κ3) is 3.27. The van der Waals surface area contributed by atoms with Crippen molar-refractivity contribution in [1.29, 1.82) is 0 Å². The molecule has 0 bridgehead atoms. The quantitative estimate of drug-likeness (QED) is 0.865. The number of hydrogen-bond acceptors (Lipinski definition) is 2. The summed E-state index contributed by atoms with van der Waals surface area (Å²) in [5.74, 6) is 1.44. The Morgan fingerprint density at radius 3 is 2.47 bits per heavy atom. The predicted molar refractivity (Wildman–Crippen MR) is 79.5 cm³/mol. The summed E-state index contributed by atoms with van der Waals surface area (Å²) in [5, 5.41) is 12.1. The third-order valence-corrected chi connectivity index (χ3v) is 3.30. The monoisotopic (exact) mass is 258 g/mol. The van der Waals surface area contributed by atoms with Crippen molar-refractivity contribution in [3.8, 4) is 5.75 Å². The molecule has 0 saturated heterocycles. The van der Waals surface area contributed by atoms with E-state index < -0.39 is 6.10 Å². The van der Waals surface area contributed by atoms with Gasteiger partial charge < -0.3 is 9.84 Å². The van der Waals surface area contributed by atoms with Gasteiger partial charge in [-0.1, -0.05) is 50.2 Å². The Labute approximate surface area is 115 Å². The number of aliphatic hydroxyl groups is 1. The second-order valence-corrected chi connectivity index (χ2v) is 5.41. The zero-order valence-corrected chi connectivity index (χ0v) is 11.9. The van der Waals surface area contributed by atoms with Crippen LogP contribution >= 0.6 is 0 Å². The van der Waals surface area contributed by atoms with Crippen LogP contribution in [0.5, 0.6) is 5.75 Å². The molecular formula is C17H22O2. The molecule has 0 saturated carbocycles. The normalized spacial score (nSPS) is 12.9. The molecule has 1 atom stereocenters. The van der Waals surface area contributed by atoms with Crippen molar-refractivity contribution < 1.29 is 9.84 Å². The maximum Gasteiger partial charge on any atom is 0.132 e. The van der Waals surface area contributed by atoms with Crippen molar-refractivity contribution in [2.45, 2.75) is 33.3 Å². The Morgan fingerprint density at radius 1 is 1.05 bits per heavy atom. The van der Waals surface area contributed by atoms with Crippen LogP contribution in [-0.2, 0) is 0 Å². The highest BCUT2D eigenvalue weighted by molar-refractivity contribution is 5.89. The van der Waals surface area contributed by atoms with Crippen LogP contribution in [-0.4, -0.2) is 11.7 Å². The molecule has 2 rings (SSSR count). The lowest BCUT2D eigenvalue weighted by Gasteiger charge is -2.16. The Morgan fingerprint density at radius 2 is 1.79 bits per heavy atom. The van der Waals surface area contributed by atoms with Gasteiger partial charge >= 0.3 is 0 Å². The first-order valence-corrected chi connectivity index (χ1v) is 6.92. The standard InChI is InChI=1S/C17H22O2/c1-12(2)10-11-19-17-15(13(3)18)9-8-14-6-4-5-7-16(14)17/h4-9,12-13,18H,10-11H2,1-3H3/t13-/m1/s1. The number of benzene rings is 2. The van der Waals surface area contributed by atoms with Crippen LogP contribution in [0.3, 0.4) is 0 Å². The molecule has 0 aliphatic carbocycles. The minimum absolute atomic E-state index is 0.515. The van der Waals surface area contributed by atoms with Crippen molar-refractivity contribution in [2.75, 3.05) is 6.61 Å². The number of rotatable bonds is 5. The van der Waals surface area contributed by atoms with E-state index in [1.807, 2.05) is 30.3 Å². The summed E-state index contributed by atoms with van der Waals surface area (Å²) in [7, 11) is 0. The summed E-state index contributed by atoms with van der Waals surface area (Å²) in [6, 6.07) is 12.1. The van der Waals surface area contributed by atoms with Crippen molar-refractivity contribution in [2.24, 2.45) is 5.92 Å². The zero-order chi connectivity index (χ0) is 13.8. The Bertz CT molecular complexity index is 544. The van der Waals surface area contributed by atoms with Crippen LogP contribution in [0.2, 0.25) is 0 Å². The predicted octanol–water partition coefficient (Wildman–Crippen LogP) is 4.32. The van der Waals surface area contributed by atoms with Crippen LogP contribution in [0.4, 0.5) is 0 Å². The number of aliphatic hydroxyl groups excluding tert-OH is 1. The smallest absolute Gasteiger partial charge is 0.132 e. The van der Waals surface area contributed by atoms with Gasteiger partial charge in [0, 0.05) is 10.9 Å². The van der Waals surface area contributed by atoms with Crippen molar-refractivity contribution in [3.63, 3.8) is 0 Å². The van der Waals surface area contributed by atoms with Gasteiger partial charge in [-0.25, -0.2) is 0 Å². The van der Waals surface area contributed by atoms with Gasteiger partial charge in [0.25, 0.3) is 0 Å². The van der Waals surface area contributed by atoms with Gasteiger partial charge in [0.1, 0.15) is 5.75 Å². The lowest BCUT2D eigenvalue weighted by atomic mass is 10.0. The van der Waals surface area contributed by atoms with Crippen LogP contribution in [0, 0.1) is 5.92 Å². The second-order valence-electron chi connectivity index (χ2n) is 5.41. The van der Waals surface area contributed by atoms with Gasteiger partial charge in [-0.2, -0.15) is 0 Å². The summed E-state index contributed by atoms with van der Waals surface area (Å²) < 4.78 is 5.96. The highest BCUT2D eigenvalue weighted by atomic mass is 16.5. The molecule has 2 heteroatoms. The van der Waals surface area contributed by atoms with E-state index in [-0.39, 0.29) is 0 Å². The number of hydrogen-bond donors (Lipinski definition) is 1. The molecule has 0 aliphatic rings. The molecule has 0 aliphatic heterocycles. The Hall–Kier alpha value is -1.54. The SMILES string of the molecule is CC(C)CCOc1c([C@@H](C)O)ccc2ccccc12. The number of ether oxygens (including phenoxy) is 1. The molecule has 0 spiro atoms. The summed E-state index contributed by atoms with van der Waals surface area (Å²) in [4.78, 5) is 0. The second kappa shape index (κ2) is 6.07. The average Bonchev–Trinajstić information content (AvgIpc) is 2.38. The first kappa shape index (κ1) is 13.9. The molecule has 0 fully saturated rings. The molecular weight excluding hydrogens is 236 g/mol. The first-order valence-electron chi connectivity index (χ1n) is 6.92. The highest BCUT2D eigenvalue weighted by Gasteiger charge is 2.13. The molecule has 0 radical (unpaired) electrons. The molecule has 0 heterocycles. The molecule has 102 valence electrons. The van der Waals surface area contributed by atoms with Crippen LogP contribution in [0.25, 0.3) is 10.8 Å². The van der Waals surface area contributed by atoms with Crippen molar-refractivity contribution in [3.05, 3.63) is 42.0 Å². The molecule has 2 aromatic rings. The van der Waals surface area contributed by atoms with E-state index in [0.29, 0.717) is 12.5 Å². The van der Waals surface area contributed by atoms with E-state index in [9.17, 15) is 5.11 Å². The van der Waals surface area contributed by atoms with Gasteiger partial charge in [0.15, 0.2) is 0 Å². The van der Waals surface area contributed by atoms with Gasteiger partial charge in [0.2, 0.25) is 0 Å². The minimum Gasteiger partial charge on any atom is -0.493 e. The minimum atomic E-state index is -0.515. The van der Waals surface area contributed by atoms with Crippen LogP contribution in [0.1, 0.15) is 38.9 Å². The molecule has 0 amide bonds. The van der Waals surface area contributed by atoms with E-state index in [1.165, 1.54) is 0 Å². The highest BCUT2D eigenvalue weighted by Crippen LogP contribution is 2.33. The van der Waals surface area contributed by atoms with Gasteiger partial charge in [0.05, 0.1) is 12.7 Å². The van der Waals surface area contributed by atoms with Gasteiger partial charge in [-0.15, -0.1) is 0 Å². The average molecular weight is 258 g/mol. The van der Waals surface area contributed by atoms with E-state index in [0.717, 1.165) is 28.5 Å². The molecule has 0 unspecified atom stereocenters. The maximum atomic E-state index is 9.89. The van der Waals surface area contributed by atoms with E-state index in [2.05, 4.69) is 19.9 Å². The first-order chi connectivity index (χ1) is 9.09. The molecule has 2 nitrogen and oxygen atoms in total. The Balaban J connectivity index is 2.38. The Kier molecular flexibility index (Phi) is 4.43. The van der Waals surface area contributed by atoms with Gasteiger partial charge in [-0.3, -0.25) is 0 Å². The molecule has 19 heavy (non-hydrogen) atoms. The maximum absolute atomic E-state index is 9.89. The zero-order valence-electron chi connectivity index (χ0n) is 11.9. The van der Waals surface area contributed by atoms with Gasteiger partial charge in [-0.05, 0) is 24.6 Å². The molecule has 0 aromatic heterocycles. The summed E-state index contributed by atoms with van der Waals surface area (Å²) >= 11 is 0.